The van der Waals surface area contributed by atoms with E-state index in [9.17, 15) is 27.6 Å². The molecule has 10 heteroatoms. The number of amides is 1. The number of halogens is 4. The Labute approximate surface area is 218 Å². The summed E-state index contributed by atoms with van der Waals surface area (Å²) in [6, 6.07) is 8.41. The van der Waals surface area contributed by atoms with Crippen molar-refractivity contribution in [2.24, 2.45) is 17.8 Å². The summed E-state index contributed by atoms with van der Waals surface area (Å²) < 4.78 is 49.7. The van der Waals surface area contributed by atoms with Gasteiger partial charge < -0.3 is 14.8 Å². The van der Waals surface area contributed by atoms with Crippen molar-refractivity contribution in [3.63, 3.8) is 0 Å². The number of esters is 2. The molecule has 0 bridgehead atoms. The largest absolute Gasteiger partial charge is 0.458 e. The van der Waals surface area contributed by atoms with Crippen molar-refractivity contribution in [2.45, 2.75) is 52.3 Å². The predicted octanol–water partition coefficient (Wildman–Crippen LogP) is 6.77. The second kappa shape index (κ2) is 12.0. The van der Waals surface area contributed by atoms with Crippen LogP contribution in [-0.4, -0.2) is 30.6 Å². The molecule has 0 radical (unpaired) electrons. The Morgan fingerprint density at radius 3 is 2.32 bits per heavy atom. The minimum Gasteiger partial charge on any atom is -0.458 e. The van der Waals surface area contributed by atoms with Crippen LogP contribution in [0.15, 0.2) is 42.5 Å². The van der Waals surface area contributed by atoms with Crippen LogP contribution in [0, 0.1) is 17.8 Å². The summed E-state index contributed by atoms with van der Waals surface area (Å²) in [5.74, 6) is -1.55. The third-order valence-electron chi connectivity index (χ3n) is 6.49. The van der Waals surface area contributed by atoms with E-state index < -0.39 is 36.2 Å². The zero-order valence-corrected chi connectivity index (χ0v) is 21.5. The number of ether oxygens (including phenoxy) is 2. The van der Waals surface area contributed by atoms with Crippen LogP contribution in [0.4, 0.5) is 18.9 Å². The standard InChI is InChI=1S/C27H29ClF3NO5/c1-15(2)18-10-8-16(3)12-23(18)37-26(35)20-7-5-4-6-19(20)25(34)36-14-24(33)32-22-13-17(27(29,30)31)9-11-21(22)28/h4-7,9,11,13,15-16,18,23H,8,10,12,14H2,1-3H3,(H,32,33)/t16-,18+,23-/m1/s1. The van der Waals surface area contributed by atoms with Gasteiger partial charge in [0.1, 0.15) is 6.10 Å². The molecule has 0 aliphatic heterocycles. The second-order valence-corrected chi connectivity index (χ2v) is 10.0. The molecule has 3 atom stereocenters. The molecule has 1 fully saturated rings. The van der Waals surface area contributed by atoms with Crippen molar-refractivity contribution < 1.29 is 37.0 Å². The molecule has 1 aliphatic carbocycles. The Morgan fingerprint density at radius 1 is 1.05 bits per heavy atom. The lowest BCUT2D eigenvalue weighted by Crippen LogP contribution is -2.36. The molecule has 1 amide bonds. The van der Waals surface area contributed by atoms with Crippen molar-refractivity contribution in [1.82, 2.24) is 0 Å². The van der Waals surface area contributed by atoms with Crippen molar-refractivity contribution in [3.05, 3.63) is 64.2 Å². The number of carbonyl (C=O) groups excluding carboxylic acids is 3. The van der Waals surface area contributed by atoms with Gasteiger partial charge in [0.2, 0.25) is 0 Å². The van der Waals surface area contributed by atoms with Gasteiger partial charge in [0.25, 0.3) is 5.91 Å². The number of carbonyl (C=O) groups is 3. The Bertz CT molecular complexity index is 1150. The summed E-state index contributed by atoms with van der Waals surface area (Å²) in [6.45, 7) is 5.49. The fourth-order valence-corrected chi connectivity index (χ4v) is 4.65. The average molecular weight is 540 g/mol. The summed E-state index contributed by atoms with van der Waals surface area (Å²) in [4.78, 5) is 38.0. The predicted molar refractivity (Wildman–Crippen MR) is 132 cm³/mol. The molecule has 1 saturated carbocycles. The first-order valence-electron chi connectivity index (χ1n) is 12.0. The third-order valence-corrected chi connectivity index (χ3v) is 6.82. The molecule has 0 aromatic heterocycles. The summed E-state index contributed by atoms with van der Waals surface area (Å²) in [7, 11) is 0. The van der Waals surface area contributed by atoms with Gasteiger partial charge in [0.05, 0.1) is 27.4 Å². The van der Waals surface area contributed by atoms with E-state index in [0.29, 0.717) is 17.9 Å². The first-order chi connectivity index (χ1) is 17.4. The Morgan fingerprint density at radius 2 is 1.70 bits per heavy atom. The number of hydrogen-bond donors (Lipinski definition) is 1. The average Bonchev–Trinajstić information content (AvgIpc) is 2.83. The minimum atomic E-state index is -4.63. The summed E-state index contributed by atoms with van der Waals surface area (Å²) in [5, 5.41) is 2.09. The zero-order chi connectivity index (χ0) is 27.3. The topological polar surface area (TPSA) is 81.7 Å². The van der Waals surface area contributed by atoms with Gasteiger partial charge in [0, 0.05) is 0 Å². The van der Waals surface area contributed by atoms with Crippen LogP contribution < -0.4 is 5.32 Å². The Balaban J connectivity index is 1.66. The van der Waals surface area contributed by atoms with Gasteiger partial charge in [-0.1, -0.05) is 50.9 Å². The lowest BCUT2D eigenvalue weighted by Gasteiger charge is -2.36. The first kappa shape index (κ1) is 28.5. The third kappa shape index (κ3) is 7.47. The number of nitrogens with one attached hydrogen (secondary N) is 1. The van der Waals surface area contributed by atoms with E-state index >= 15 is 0 Å². The maximum atomic E-state index is 13.0. The lowest BCUT2D eigenvalue weighted by atomic mass is 9.75. The van der Waals surface area contributed by atoms with E-state index in [-0.39, 0.29) is 33.9 Å². The Kier molecular flexibility index (Phi) is 9.23. The van der Waals surface area contributed by atoms with Crippen molar-refractivity contribution in [2.75, 3.05) is 11.9 Å². The van der Waals surface area contributed by atoms with Gasteiger partial charge in [-0.2, -0.15) is 13.2 Å². The molecule has 6 nitrogen and oxygen atoms in total. The summed E-state index contributed by atoms with van der Waals surface area (Å²) in [6.07, 6.45) is -2.15. The van der Waals surface area contributed by atoms with Gasteiger partial charge in [-0.15, -0.1) is 0 Å². The summed E-state index contributed by atoms with van der Waals surface area (Å²) in [5.41, 5.74) is -1.34. The maximum Gasteiger partial charge on any atom is 0.416 e. The zero-order valence-electron chi connectivity index (χ0n) is 20.7. The van der Waals surface area contributed by atoms with Crippen LogP contribution in [0.1, 0.15) is 66.3 Å². The van der Waals surface area contributed by atoms with Crippen LogP contribution in [0.25, 0.3) is 0 Å². The number of anilines is 1. The molecule has 200 valence electrons. The van der Waals surface area contributed by atoms with E-state index in [1.807, 2.05) is 0 Å². The molecule has 0 unspecified atom stereocenters. The van der Waals surface area contributed by atoms with Crippen molar-refractivity contribution in [3.8, 4) is 0 Å². The smallest absolute Gasteiger partial charge is 0.416 e. The van der Waals surface area contributed by atoms with E-state index in [2.05, 4.69) is 26.1 Å². The number of rotatable bonds is 7. The van der Waals surface area contributed by atoms with Crippen LogP contribution in [0.2, 0.25) is 5.02 Å². The number of alkyl halides is 3. The van der Waals surface area contributed by atoms with Crippen LogP contribution in [0.3, 0.4) is 0 Å². The molecule has 1 N–H and O–H groups in total. The fraction of sp³-hybridized carbons (Fsp3) is 0.444. The van der Waals surface area contributed by atoms with Crippen LogP contribution in [0.5, 0.6) is 0 Å². The molecule has 0 saturated heterocycles. The molecule has 2 aromatic rings. The maximum absolute atomic E-state index is 13.0. The van der Waals surface area contributed by atoms with E-state index in [1.54, 1.807) is 6.07 Å². The number of hydrogen-bond acceptors (Lipinski definition) is 5. The normalized spacial score (nSPS) is 19.8. The highest BCUT2D eigenvalue weighted by molar-refractivity contribution is 6.33. The highest BCUT2D eigenvalue weighted by atomic mass is 35.5. The first-order valence-corrected chi connectivity index (χ1v) is 12.4. The second-order valence-electron chi connectivity index (χ2n) is 9.63. The molecule has 0 spiro atoms. The fourth-order valence-electron chi connectivity index (χ4n) is 4.48. The Hall–Kier alpha value is -3.07. The molecule has 1 aliphatic rings. The van der Waals surface area contributed by atoms with Crippen molar-refractivity contribution >= 4 is 35.1 Å². The van der Waals surface area contributed by atoms with E-state index in [1.165, 1.54) is 18.2 Å². The quantitative estimate of drug-likeness (QED) is 0.393. The van der Waals surface area contributed by atoms with Gasteiger partial charge >= 0.3 is 18.1 Å². The molecule has 0 heterocycles. The monoisotopic (exact) mass is 539 g/mol. The number of benzene rings is 2. The lowest BCUT2D eigenvalue weighted by molar-refractivity contribution is -0.137. The molecular formula is C27H29ClF3NO5. The van der Waals surface area contributed by atoms with Gasteiger partial charge in [-0.25, -0.2) is 9.59 Å². The van der Waals surface area contributed by atoms with Gasteiger partial charge in [0.15, 0.2) is 6.61 Å². The van der Waals surface area contributed by atoms with E-state index in [4.69, 9.17) is 21.1 Å². The highest BCUT2D eigenvalue weighted by Gasteiger charge is 2.34. The van der Waals surface area contributed by atoms with Crippen LogP contribution >= 0.6 is 11.6 Å². The molecule has 3 rings (SSSR count). The molecule has 37 heavy (non-hydrogen) atoms. The molecule has 2 aromatic carbocycles. The molecular weight excluding hydrogens is 511 g/mol. The van der Waals surface area contributed by atoms with Gasteiger partial charge in [-0.3, -0.25) is 4.79 Å². The minimum absolute atomic E-state index is 0.00886. The SMILES string of the molecule is CC(C)[C@@H]1CC[C@@H](C)C[C@H]1OC(=O)c1ccccc1C(=O)OCC(=O)Nc1cc(C(F)(F)F)ccc1Cl. The highest BCUT2D eigenvalue weighted by Crippen LogP contribution is 2.36. The van der Waals surface area contributed by atoms with E-state index in [0.717, 1.165) is 31.4 Å². The van der Waals surface area contributed by atoms with Crippen molar-refractivity contribution in [1.29, 1.82) is 0 Å². The summed E-state index contributed by atoms with van der Waals surface area (Å²) >= 11 is 5.88. The van der Waals surface area contributed by atoms with Gasteiger partial charge in [-0.05, 0) is 60.9 Å². The van der Waals surface area contributed by atoms with Crippen LogP contribution in [-0.2, 0) is 20.4 Å².